The average Bonchev–Trinajstić information content (AvgIpc) is 2.89. The van der Waals surface area contributed by atoms with Gasteiger partial charge >= 0.3 is 0 Å². The van der Waals surface area contributed by atoms with E-state index in [9.17, 15) is 4.79 Å². The first-order valence-corrected chi connectivity index (χ1v) is 9.26. The van der Waals surface area contributed by atoms with Crippen molar-refractivity contribution < 1.29 is 9.53 Å². The van der Waals surface area contributed by atoms with E-state index in [1.54, 1.807) is 0 Å². The van der Waals surface area contributed by atoms with Gasteiger partial charge in [0.25, 0.3) is 0 Å². The molecule has 2 aliphatic heterocycles. The molecule has 1 atom stereocenters. The molecule has 2 saturated heterocycles. The normalized spacial score (nSPS) is 23.0. The van der Waals surface area contributed by atoms with Gasteiger partial charge in [-0.05, 0) is 36.5 Å². The van der Waals surface area contributed by atoms with Gasteiger partial charge < -0.3 is 15.0 Å². The van der Waals surface area contributed by atoms with Crippen LogP contribution in [-0.4, -0.2) is 54.1 Å². The van der Waals surface area contributed by atoms with E-state index in [-0.39, 0.29) is 5.91 Å². The van der Waals surface area contributed by atoms with Gasteiger partial charge in [-0.1, -0.05) is 18.2 Å². The van der Waals surface area contributed by atoms with Crippen molar-refractivity contribution in [1.29, 1.82) is 0 Å². The molecule has 1 aromatic rings. The topological polar surface area (TPSA) is 41.6 Å². The second-order valence-electron chi connectivity index (χ2n) is 5.96. The zero-order chi connectivity index (χ0) is 15.2. The van der Waals surface area contributed by atoms with Crippen LogP contribution in [0.3, 0.4) is 0 Å². The molecule has 1 N–H and O–H groups in total. The number of rotatable bonds is 6. The van der Waals surface area contributed by atoms with Crippen LogP contribution in [0, 0.1) is 0 Å². The quantitative estimate of drug-likeness (QED) is 0.872. The zero-order valence-electron chi connectivity index (χ0n) is 12.9. The minimum absolute atomic E-state index is 0.249. The fourth-order valence-corrected chi connectivity index (χ4v) is 4.19. The number of nitrogens with one attached hydrogen (secondary N) is 1. The standard InChI is InChI=1S/C17H24N2O2S/c20-17-12-15(18-14-6-10-22-11-7-14)13-19(17)8-9-21-16-4-2-1-3-5-16/h1-5,14-15,18H,6-13H2/t15-/m1/s1. The SMILES string of the molecule is O=C1C[C@@H](NC2CCSCC2)CN1CCOc1ccccc1. The van der Waals surface area contributed by atoms with E-state index in [2.05, 4.69) is 5.32 Å². The van der Waals surface area contributed by atoms with E-state index in [1.807, 2.05) is 47.0 Å². The van der Waals surface area contributed by atoms with E-state index < -0.39 is 0 Å². The number of ether oxygens (including phenoxy) is 1. The Balaban J connectivity index is 1.40. The van der Waals surface area contributed by atoms with Gasteiger partial charge in [0.05, 0.1) is 6.54 Å². The predicted molar refractivity (Wildman–Crippen MR) is 90.4 cm³/mol. The lowest BCUT2D eigenvalue weighted by atomic mass is 10.1. The maximum absolute atomic E-state index is 12.1. The van der Waals surface area contributed by atoms with Crippen LogP contribution < -0.4 is 10.1 Å². The number of para-hydroxylation sites is 1. The monoisotopic (exact) mass is 320 g/mol. The van der Waals surface area contributed by atoms with Gasteiger partial charge in [-0.3, -0.25) is 4.79 Å². The Morgan fingerprint density at radius 1 is 1.18 bits per heavy atom. The Morgan fingerprint density at radius 2 is 1.95 bits per heavy atom. The second-order valence-corrected chi connectivity index (χ2v) is 7.18. The van der Waals surface area contributed by atoms with Crippen LogP contribution in [0.15, 0.2) is 30.3 Å². The molecular formula is C17H24N2O2S. The van der Waals surface area contributed by atoms with Crippen LogP contribution >= 0.6 is 11.8 Å². The molecule has 0 bridgehead atoms. The first kappa shape index (κ1) is 15.7. The van der Waals surface area contributed by atoms with Crippen LogP contribution in [-0.2, 0) is 4.79 Å². The highest BCUT2D eigenvalue weighted by molar-refractivity contribution is 7.99. The number of likely N-dealkylation sites (tertiary alicyclic amines) is 1. The molecule has 2 fully saturated rings. The molecular weight excluding hydrogens is 296 g/mol. The van der Waals surface area contributed by atoms with E-state index in [0.717, 1.165) is 12.3 Å². The summed E-state index contributed by atoms with van der Waals surface area (Å²) < 4.78 is 5.68. The first-order valence-electron chi connectivity index (χ1n) is 8.10. The minimum Gasteiger partial charge on any atom is -0.492 e. The number of carbonyl (C=O) groups is 1. The molecule has 1 aromatic carbocycles. The lowest BCUT2D eigenvalue weighted by molar-refractivity contribution is -0.128. The largest absolute Gasteiger partial charge is 0.492 e. The third-order valence-corrected chi connectivity index (χ3v) is 5.33. The van der Waals surface area contributed by atoms with Gasteiger partial charge in [0.1, 0.15) is 12.4 Å². The fraction of sp³-hybridized carbons (Fsp3) is 0.588. The van der Waals surface area contributed by atoms with Crippen LogP contribution in [0.4, 0.5) is 0 Å². The van der Waals surface area contributed by atoms with Gasteiger partial charge in [-0.2, -0.15) is 11.8 Å². The number of amides is 1. The molecule has 4 nitrogen and oxygen atoms in total. The highest BCUT2D eigenvalue weighted by Crippen LogP contribution is 2.19. The molecule has 1 amide bonds. The van der Waals surface area contributed by atoms with Crippen molar-refractivity contribution in [2.45, 2.75) is 31.3 Å². The number of thioether (sulfide) groups is 1. The smallest absolute Gasteiger partial charge is 0.224 e. The minimum atomic E-state index is 0.249. The Morgan fingerprint density at radius 3 is 2.73 bits per heavy atom. The van der Waals surface area contributed by atoms with Crippen molar-refractivity contribution in [3.8, 4) is 5.75 Å². The van der Waals surface area contributed by atoms with E-state index >= 15 is 0 Å². The molecule has 0 radical (unpaired) electrons. The summed E-state index contributed by atoms with van der Waals surface area (Å²) in [6.07, 6.45) is 3.09. The van der Waals surface area contributed by atoms with E-state index in [4.69, 9.17) is 4.74 Å². The predicted octanol–water partition coefficient (Wildman–Crippen LogP) is 2.15. The zero-order valence-corrected chi connectivity index (χ0v) is 13.7. The molecule has 2 heterocycles. The highest BCUT2D eigenvalue weighted by Gasteiger charge is 2.30. The molecule has 0 spiro atoms. The summed E-state index contributed by atoms with van der Waals surface area (Å²) in [6.45, 7) is 2.05. The number of nitrogens with zero attached hydrogens (tertiary/aromatic N) is 1. The molecule has 22 heavy (non-hydrogen) atoms. The van der Waals surface area contributed by atoms with Crippen LogP contribution in [0.2, 0.25) is 0 Å². The van der Waals surface area contributed by atoms with E-state index in [1.165, 1.54) is 24.3 Å². The van der Waals surface area contributed by atoms with Gasteiger partial charge in [-0.15, -0.1) is 0 Å². The van der Waals surface area contributed by atoms with Gasteiger partial charge in [0.2, 0.25) is 5.91 Å². The Labute approximate surface area is 136 Å². The van der Waals surface area contributed by atoms with Crippen molar-refractivity contribution in [3.05, 3.63) is 30.3 Å². The summed E-state index contributed by atoms with van der Waals surface area (Å²) in [5, 5.41) is 3.67. The molecule has 120 valence electrons. The number of hydrogen-bond donors (Lipinski definition) is 1. The summed E-state index contributed by atoms with van der Waals surface area (Å²) >= 11 is 2.03. The third-order valence-electron chi connectivity index (χ3n) is 4.28. The molecule has 0 aliphatic carbocycles. The average molecular weight is 320 g/mol. The molecule has 2 aliphatic rings. The molecule has 0 saturated carbocycles. The van der Waals surface area contributed by atoms with Gasteiger partial charge in [0.15, 0.2) is 0 Å². The molecule has 0 aromatic heterocycles. The summed E-state index contributed by atoms with van der Waals surface area (Å²) in [5.74, 6) is 3.60. The summed E-state index contributed by atoms with van der Waals surface area (Å²) in [6, 6.07) is 10.7. The maximum atomic E-state index is 12.1. The fourth-order valence-electron chi connectivity index (χ4n) is 3.09. The molecule has 5 heteroatoms. The maximum Gasteiger partial charge on any atom is 0.224 e. The Kier molecular flexibility index (Phi) is 5.62. The number of carbonyl (C=O) groups excluding carboxylic acids is 1. The lowest BCUT2D eigenvalue weighted by Crippen LogP contribution is -2.42. The Bertz CT molecular complexity index is 477. The van der Waals surface area contributed by atoms with Crippen LogP contribution in [0.5, 0.6) is 5.75 Å². The summed E-state index contributed by atoms with van der Waals surface area (Å²) in [7, 11) is 0. The molecule has 3 rings (SSSR count). The van der Waals surface area contributed by atoms with Crippen molar-refractivity contribution in [3.63, 3.8) is 0 Å². The van der Waals surface area contributed by atoms with Crippen molar-refractivity contribution >= 4 is 17.7 Å². The van der Waals surface area contributed by atoms with Crippen molar-refractivity contribution in [1.82, 2.24) is 10.2 Å². The third kappa shape index (κ3) is 4.40. The second kappa shape index (κ2) is 7.88. The summed E-state index contributed by atoms with van der Waals surface area (Å²) in [5.41, 5.74) is 0. The first-order chi connectivity index (χ1) is 10.8. The summed E-state index contributed by atoms with van der Waals surface area (Å²) in [4.78, 5) is 14.0. The molecule has 0 unspecified atom stereocenters. The Hall–Kier alpha value is -1.20. The lowest BCUT2D eigenvalue weighted by Gasteiger charge is -2.26. The van der Waals surface area contributed by atoms with E-state index in [0.29, 0.717) is 31.7 Å². The van der Waals surface area contributed by atoms with Crippen molar-refractivity contribution in [2.75, 3.05) is 31.2 Å². The highest BCUT2D eigenvalue weighted by atomic mass is 32.2. The number of hydrogen-bond acceptors (Lipinski definition) is 4. The van der Waals surface area contributed by atoms with Gasteiger partial charge in [-0.25, -0.2) is 0 Å². The van der Waals surface area contributed by atoms with Crippen LogP contribution in [0.25, 0.3) is 0 Å². The number of benzene rings is 1. The van der Waals surface area contributed by atoms with Crippen LogP contribution in [0.1, 0.15) is 19.3 Å². The van der Waals surface area contributed by atoms with Gasteiger partial charge in [0, 0.05) is 25.0 Å². The van der Waals surface area contributed by atoms with Crippen molar-refractivity contribution in [2.24, 2.45) is 0 Å².